The minimum Gasteiger partial charge on any atom is -0.496 e. The van der Waals surface area contributed by atoms with E-state index < -0.39 is 0 Å². The normalized spacial score (nSPS) is 21.8. The molecule has 2 aromatic heterocycles. The summed E-state index contributed by atoms with van der Waals surface area (Å²) in [5, 5.41) is 0. The van der Waals surface area contributed by atoms with Gasteiger partial charge in [-0.15, -0.1) is 9.24 Å². The Balaban J connectivity index is 1.12. The molecule has 0 spiro atoms. The summed E-state index contributed by atoms with van der Waals surface area (Å²) >= 11 is 2.38. The standard InChI is InChI=1S/C28H38IN4O2P/c1-35-25-16-21(31-28-23(25)8-5-14-33(28)29)6-2-3-9-26(36)20-12-15-32(17-20)24(18-34)22-7-4-13-30-27(22)19-10-11-19/h4,7,13,16,18-20,24,26H,2-3,5-6,8-12,14-15,17,36H2,1H3/t20-,24-,26+/m1/s1. The van der Waals surface area contributed by atoms with Crippen molar-refractivity contribution in [2.45, 2.75) is 75.4 Å². The maximum absolute atomic E-state index is 12.2. The number of halogens is 1. The molecule has 36 heavy (non-hydrogen) atoms. The van der Waals surface area contributed by atoms with E-state index in [1.807, 2.05) is 12.3 Å². The molecule has 1 saturated heterocycles. The molecule has 194 valence electrons. The van der Waals surface area contributed by atoms with Crippen molar-refractivity contribution >= 4 is 44.2 Å². The number of ether oxygens (including phenoxy) is 1. The molecule has 0 radical (unpaired) electrons. The van der Waals surface area contributed by atoms with E-state index in [9.17, 15) is 4.79 Å². The smallest absolute Gasteiger partial charge is 0.144 e. The maximum Gasteiger partial charge on any atom is 0.144 e. The minimum atomic E-state index is -0.154. The molecule has 1 saturated carbocycles. The van der Waals surface area contributed by atoms with Crippen LogP contribution >= 0.6 is 32.1 Å². The lowest BCUT2D eigenvalue weighted by Crippen LogP contribution is -2.30. The Bertz CT molecular complexity index is 1070. The number of nitrogens with zero attached hydrogens (tertiary/aromatic N) is 4. The zero-order chi connectivity index (χ0) is 25.1. The van der Waals surface area contributed by atoms with Gasteiger partial charge in [0.2, 0.25) is 0 Å². The maximum atomic E-state index is 12.2. The fourth-order valence-corrected chi connectivity index (χ4v) is 7.19. The number of carbonyl (C=O) groups excluding carboxylic acids is 1. The van der Waals surface area contributed by atoms with Crippen molar-refractivity contribution in [3.05, 3.63) is 46.9 Å². The summed E-state index contributed by atoms with van der Waals surface area (Å²) in [4.78, 5) is 24.2. The van der Waals surface area contributed by atoms with E-state index >= 15 is 0 Å². The first kappa shape index (κ1) is 26.3. The van der Waals surface area contributed by atoms with Gasteiger partial charge in [-0.2, -0.15) is 0 Å². The van der Waals surface area contributed by atoms with E-state index in [2.05, 4.69) is 57.2 Å². The molecule has 0 aromatic carbocycles. The lowest BCUT2D eigenvalue weighted by Gasteiger charge is -2.26. The van der Waals surface area contributed by atoms with E-state index in [-0.39, 0.29) is 6.04 Å². The fraction of sp³-hybridized carbons (Fsp3) is 0.607. The number of aldehydes is 1. The number of rotatable bonds is 11. The summed E-state index contributed by atoms with van der Waals surface area (Å²) in [6, 6.07) is 6.09. The highest BCUT2D eigenvalue weighted by molar-refractivity contribution is 14.1. The van der Waals surface area contributed by atoms with Crippen LogP contribution in [0.25, 0.3) is 0 Å². The van der Waals surface area contributed by atoms with Gasteiger partial charge >= 0.3 is 0 Å². The Kier molecular flexibility index (Phi) is 8.79. The van der Waals surface area contributed by atoms with Gasteiger partial charge in [0, 0.05) is 48.2 Å². The summed E-state index contributed by atoms with van der Waals surface area (Å²) in [7, 11) is 4.88. The molecule has 3 aliphatic rings. The van der Waals surface area contributed by atoms with Crippen LogP contribution in [-0.4, -0.2) is 53.6 Å². The topological polar surface area (TPSA) is 58.6 Å². The first-order valence-electron chi connectivity index (χ1n) is 13.5. The number of aromatic nitrogens is 2. The van der Waals surface area contributed by atoms with Crippen molar-refractivity contribution < 1.29 is 9.53 Å². The number of hydrogen-bond donors (Lipinski definition) is 0. The second-order valence-corrected chi connectivity index (χ2v) is 12.6. The van der Waals surface area contributed by atoms with Gasteiger partial charge in [-0.05, 0) is 81.1 Å². The van der Waals surface area contributed by atoms with E-state index in [1.165, 1.54) is 31.2 Å². The average molecular weight is 621 g/mol. The molecular weight excluding hydrogens is 582 g/mol. The zero-order valence-electron chi connectivity index (χ0n) is 21.2. The summed E-state index contributed by atoms with van der Waals surface area (Å²) in [5.74, 6) is 3.26. The van der Waals surface area contributed by atoms with Crippen LogP contribution in [0.1, 0.15) is 79.4 Å². The van der Waals surface area contributed by atoms with Gasteiger partial charge in [-0.25, -0.2) is 4.98 Å². The Morgan fingerprint density at radius 3 is 2.92 bits per heavy atom. The number of likely N-dealkylation sites (tertiary alicyclic amines) is 1. The lowest BCUT2D eigenvalue weighted by atomic mass is 9.98. The van der Waals surface area contributed by atoms with Gasteiger partial charge in [0.25, 0.3) is 0 Å². The Morgan fingerprint density at radius 2 is 2.14 bits per heavy atom. The second-order valence-electron chi connectivity index (χ2n) is 10.6. The number of aryl methyl sites for hydroxylation is 1. The van der Waals surface area contributed by atoms with Crippen LogP contribution < -0.4 is 7.85 Å². The largest absolute Gasteiger partial charge is 0.496 e. The first-order chi connectivity index (χ1) is 17.6. The molecule has 1 aliphatic carbocycles. The van der Waals surface area contributed by atoms with Crippen LogP contribution in [0.4, 0.5) is 5.82 Å². The minimum absolute atomic E-state index is 0.154. The summed E-state index contributed by atoms with van der Waals surface area (Å²) in [6.45, 7) is 3.03. The third kappa shape index (κ3) is 5.88. The summed E-state index contributed by atoms with van der Waals surface area (Å²) in [5.41, 5.74) is 5.25. The number of carbonyl (C=O) groups is 1. The van der Waals surface area contributed by atoms with Crippen molar-refractivity contribution in [2.24, 2.45) is 5.92 Å². The molecular formula is C28H38IN4O2P. The van der Waals surface area contributed by atoms with Crippen molar-refractivity contribution in [2.75, 3.05) is 29.9 Å². The third-order valence-corrected chi connectivity index (χ3v) is 9.92. The number of unbranched alkanes of at least 4 members (excludes halogenated alkanes) is 1. The molecule has 2 fully saturated rings. The fourth-order valence-electron chi connectivity index (χ4n) is 5.90. The molecule has 1 unspecified atom stereocenters. The monoisotopic (exact) mass is 620 g/mol. The van der Waals surface area contributed by atoms with E-state index in [0.717, 1.165) is 86.5 Å². The second kappa shape index (κ2) is 12.0. The SMILES string of the molecule is COc1cc(CCCC[C@H](P)[C@@H]2CCN([C@H](C=O)c3cccnc3C3CC3)C2)nc2c1CCCN2I. The highest BCUT2D eigenvalue weighted by atomic mass is 127. The lowest BCUT2D eigenvalue weighted by molar-refractivity contribution is -0.112. The highest BCUT2D eigenvalue weighted by Gasteiger charge is 2.35. The summed E-state index contributed by atoms with van der Waals surface area (Å²) in [6.07, 6.45) is 13.3. The predicted octanol–water partition coefficient (Wildman–Crippen LogP) is 5.68. The van der Waals surface area contributed by atoms with E-state index in [1.54, 1.807) is 7.11 Å². The molecule has 2 aliphatic heterocycles. The zero-order valence-corrected chi connectivity index (χ0v) is 24.6. The molecule has 6 nitrogen and oxygen atoms in total. The third-order valence-electron chi connectivity index (χ3n) is 8.10. The van der Waals surface area contributed by atoms with Gasteiger partial charge in [0.1, 0.15) is 17.9 Å². The quantitative estimate of drug-likeness (QED) is 0.106. The van der Waals surface area contributed by atoms with Crippen LogP contribution in [0.15, 0.2) is 24.4 Å². The molecule has 2 aromatic rings. The van der Waals surface area contributed by atoms with Gasteiger partial charge < -0.3 is 9.53 Å². The van der Waals surface area contributed by atoms with E-state index in [0.29, 0.717) is 17.5 Å². The van der Waals surface area contributed by atoms with E-state index in [4.69, 9.17) is 9.72 Å². The molecule has 0 amide bonds. The van der Waals surface area contributed by atoms with Crippen LogP contribution in [0, 0.1) is 5.92 Å². The van der Waals surface area contributed by atoms with Crippen LogP contribution in [0.2, 0.25) is 0 Å². The molecule has 5 rings (SSSR count). The van der Waals surface area contributed by atoms with Crippen LogP contribution in [0.3, 0.4) is 0 Å². The van der Waals surface area contributed by atoms with Crippen molar-refractivity contribution in [3.63, 3.8) is 0 Å². The van der Waals surface area contributed by atoms with Gasteiger partial charge in [0.05, 0.1) is 36.0 Å². The Hall–Kier alpha value is -1.31. The van der Waals surface area contributed by atoms with Gasteiger partial charge in [-0.3, -0.25) is 13.0 Å². The average Bonchev–Trinajstić information content (AvgIpc) is 3.64. The number of hydrogen-bond acceptors (Lipinski definition) is 6. The van der Waals surface area contributed by atoms with Crippen LogP contribution in [-0.2, 0) is 17.6 Å². The Labute approximate surface area is 231 Å². The first-order valence-corrected chi connectivity index (χ1v) is 15.1. The molecule has 0 N–H and O–H groups in total. The molecule has 4 heterocycles. The molecule has 4 atom stereocenters. The Morgan fingerprint density at radius 1 is 1.28 bits per heavy atom. The predicted molar refractivity (Wildman–Crippen MR) is 156 cm³/mol. The molecule has 8 heteroatoms. The highest BCUT2D eigenvalue weighted by Crippen LogP contribution is 2.43. The van der Waals surface area contributed by atoms with Crippen molar-refractivity contribution in [1.82, 2.24) is 14.9 Å². The number of anilines is 1. The number of methoxy groups -OCH3 is 1. The summed E-state index contributed by atoms with van der Waals surface area (Å²) < 4.78 is 7.94. The van der Waals surface area contributed by atoms with Crippen molar-refractivity contribution in [3.8, 4) is 5.75 Å². The van der Waals surface area contributed by atoms with Crippen LogP contribution in [0.5, 0.6) is 5.75 Å². The van der Waals surface area contributed by atoms with Crippen molar-refractivity contribution in [1.29, 1.82) is 0 Å². The number of pyridine rings is 2. The van der Waals surface area contributed by atoms with Gasteiger partial charge in [0.15, 0.2) is 0 Å². The van der Waals surface area contributed by atoms with Gasteiger partial charge in [-0.1, -0.05) is 12.5 Å². The number of fused-ring (bicyclic) bond motifs is 1. The molecule has 0 bridgehead atoms.